The number of amides is 1. The molecule has 0 bridgehead atoms. The van der Waals surface area contributed by atoms with E-state index in [1.807, 2.05) is 0 Å². The van der Waals surface area contributed by atoms with E-state index >= 15 is 0 Å². The van der Waals surface area contributed by atoms with Crippen molar-refractivity contribution in [3.8, 4) is 0 Å². The third-order valence-corrected chi connectivity index (χ3v) is 4.44. The van der Waals surface area contributed by atoms with Gasteiger partial charge in [0.25, 0.3) is 5.91 Å². The molecule has 0 aliphatic heterocycles. The maximum Gasteiger partial charge on any atom is 0.265 e. The molecule has 0 aliphatic carbocycles. The number of ketones is 1. The van der Waals surface area contributed by atoms with E-state index in [1.165, 1.54) is 41.7 Å². The highest BCUT2D eigenvalue weighted by Crippen LogP contribution is 2.25. The van der Waals surface area contributed by atoms with Crippen molar-refractivity contribution in [3.05, 3.63) is 86.8 Å². The van der Waals surface area contributed by atoms with Gasteiger partial charge in [0.05, 0.1) is 16.1 Å². The zero-order valence-corrected chi connectivity index (χ0v) is 13.8. The number of carbonyl (C=O) groups is 2. The Bertz CT molecular complexity index is 909. The lowest BCUT2D eigenvalue weighted by Crippen LogP contribution is -2.14. The van der Waals surface area contributed by atoms with Gasteiger partial charge >= 0.3 is 0 Å². The highest BCUT2D eigenvalue weighted by atomic mass is 35.5. The molecular weight excluding hydrogens is 349 g/mol. The van der Waals surface area contributed by atoms with Crippen molar-refractivity contribution in [1.82, 2.24) is 0 Å². The van der Waals surface area contributed by atoms with Crippen molar-refractivity contribution < 1.29 is 14.0 Å². The van der Waals surface area contributed by atoms with Crippen LogP contribution in [0, 0.1) is 5.82 Å². The highest BCUT2D eigenvalue weighted by molar-refractivity contribution is 7.12. The number of nitrogens with one attached hydrogen (secondary N) is 1. The van der Waals surface area contributed by atoms with Crippen LogP contribution < -0.4 is 5.32 Å². The van der Waals surface area contributed by atoms with Gasteiger partial charge in [-0.05, 0) is 41.8 Å². The lowest BCUT2D eigenvalue weighted by molar-refractivity contribution is 0.103. The average Bonchev–Trinajstić information content (AvgIpc) is 3.11. The summed E-state index contributed by atoms with van der Waals surface area (Å²) in [6, 6.07) is 13.6. The maximum atomic E-state index is 13.9. The van der Waals surface area contributed by atoms with Gasteiger partial charge in [0.1, 0.15) is 5.82 Å². The van der Waals surface area contributed by atoms with Crippen LogP contribution in [0.3, 0.4) is 0 Å². The minimum absolute atomic E-state index is 0.0774. The van der Waals surface area contributed by atoms with E-state index in [2.05, 4.69) is 5.32 Å². The Morgan fingerprint density at radius 2 is 1.79 bits per heavy atom. The van der Waals surface area contributed by atoms with Crippen molar-refractivity contribution in [2.24, 2.45) is 0 Å². The number of halogens is 2. The number of benzene rings is 2. The Hall–Kier alpha value is -2.50. The number of hydrogen-bond donors (Lipinski definition) is 1. The van der Waals surface area contributed by atoms with Gasteiger partial charge in [-0.15, -0.1) is 11.3 Å². The number of anilines is 1. The second kappa shape index (κ2) is 6.95. The van der Waals surface area contributed by atoms with Gasteiger partial charge in [-0.25, -0.2) is 4.39 Å². The van der Waals surface area contributed by atoms with Crippen LogP contribution >= 0.6 is 22.9 Å². The molecule has 24 heavy (non-hydrogen) atoms. The van der Waals surface area contributed by atoms with Crippen LogP contribution in [0.1, 0.15) is 25.6 Å². The molecule has 0 saturated heterocycles. The fraction of sp³-hybridized carbons (Fsp3) is 0. The summed E-state index contributed by atoms with van der Waals surface area (Å²) in [5.41, 5.74) is 0.343. The lowest BCUT2D eigenvalue weighted by Gasteiger charge is -2.11. The molecule has 3 aromatic rings. The zero-order chi connectivity index (χ0) is 17.1. The van der Waals surface area contributed by atoms with Crippen LogP contribution in [0.15, 0.2) is 60.0 Å². The van der Waals surface area contributed by atoms with Crippen LogP contribution in [0.25, 0.3) is 0 Å². The molecule has 0 spiro atoms. The first-order valence-electron chi connectivity index (χ1n) is 7.00. The molecule has 0 atom stereocenters. The summed E-state index contributed by atoms with van der Waals surface area (Å²) in [6.45, 7) is 0. The van der Waals surface area contributed by atoms with E-state index in [-0.39, 0.29) is 22.7 Å². The van der Waals surface area contributed by atoms with E-state index < -0.39 is 11.6 Å². The fourth-order valence-electron chi connectivity index (χ4n) is 2.20. The summed E-state index contributed by atoms with van der Waals surface area (Å²) in [4.78, 5) is 25.4. The summed E-state index contributed by atoms with van der Waals surface area (Å²) in [6.07, 6.45) is 0. The first-order valence-corrected chi connectivity index (χ1v) is 8.25. The largest absolute Gasteiger partial charge is 0.321 e. The average molecular weight is 360 g/mol. The molecule has 3 rings (SSSR count). The third-order valence-electron chi connectivity index (χ3n) is 3.34. The monoisotopic (exact) mass is 359 g/mol. The summed E-state index contributed by atoms with van der Waals surface area (Å²) in [5, 5.41) is 4.78. The van der Waals surface area contributed by atoms with Crippen LogP contribution in [0.4, 0.5) is 10.1 Å². The van der Waals surface area contributed by atoms with E-state index in [0.29, 0.717) is 9.90 Å². The highest BCUT2D eigenvalue weighted by Gasteiger charge is 2.19. The second-order valence-electron chi connectivity index (χ2n) is 4.93. The molecule has 0 saturated carbocycles. The van der Waals surface area contributed by atoms with Gasteiger partial charge in [0.15, 0.2) is 5.78 Å². The normalized spacial score (nSPS) is 10.4. The second-order valence-corrected chi connectivity index (χ2v) is 6.31. The quantitative estimate of drug-likeness (QED) is 0.664. The number of thiophene rings is 1. The Kier molecular flexibility index (Phi) is 4.74. The Labute approximate surface area is 146 Å². The summed E-state index contributed by atoms with van der Waals surface area (Å²) in [7, 11) is 0. The topological polar surface area (TPSA) is 46.2 Å². The molecule has 0 unspecified atom stereocenters. The Morgan fingerprint density at radius 1 is 1.00 bits per heavy atom. The maximum absolute atomic E-state index is 13.9. The van der Waals surface area contributed by atoms with Crippen molar-refractivity contribution in [1.29, 1.82) is 0 Å². The smallest absolute Gasteiger partial charge is 0.265 e. The van der Waals surface area contributed by atoms with Crippen LogP contribution in [0.5, 0.6) is 0 Å². The number of carbonyl (C=O) groups excluding carboxylic acids is 2. The lowest BCUT2D eigenvalue weighted by atomic mass is 10.0. The van der Waals surface area contributed by atoms with E-state index in [4.69, 9.17) is 11.6 Å². The van der Waals surface area contributed by atoms with Crippen molar-refractivity contribution >= 4 is 40.3 Å². The van der Waals surface area contributed by atoms with Crippen molar-refractivity contribution in [2.45, 2.75) is 0 Å². The first-order chi connectivity index (χ1) is 11.6. The molecule has 6 heteroatoms. The SMILES string of the molecule is O=C(Nc1ccc(Cl)cc1C(=O)c1ccccc1F)c1cccs1. The molecular formula is C18H11ClFNO2S. The zero-order valence-electron chi connectivity index (χ0n) is 12.3. The molecule has 0 fully saturated rings. The molecule has 1 N–H and O–H groups in total. The number of rotatable bonds is 4. The minimum atomic E-state index is -0.627. The molecule has 120 valence electrons. The standard InChI is InChI=1S/C18H11ClFNO2S/c19-11-7-8-15(21-18(23)16-6-3-9-24-16)13(10-11)17(22)12-4-1-2-5-14(12)20/h1-10H,(H,21,23). The molecule has 0 aliphatic rings. The van der Waals surface area contributed by atoms with Crippen LogP contribution in [0.2, 0.25) is 5.02 Å². The van der Waals surface area contributed by atoms with Crippen molar-refractivity contribution in [2.75, 3.05) is 5.32 Å². The van der Waals surface area contributed by atoms with Gasteiger partial charge in [-0.3, -0.25) is 9.59 Å². The van der Waals surface area contributed by atoms with Gasteiger partial charge in [-0.1, -0.05) is 29.8 Å². The predicted molar refractivity (Wildman–Crippen MR) is 93.6 cm³/mol. The molecule has 0 radical (unpaired) electrons. The molecule has 3 nitrogen and oxygen atoms in total. The molecule has 1 heterocycles. The molecule has 1 aromatic heterocycles. The first kappa shape index (κ1) is 16.4. The third kappa shape index (κ3) is 3.37. The van der Waals surface area contributed by atoms with E-state index in [1.54, 1.807) is 29.6 Å². The van der Waals surface area contributed by atoms with Gasteiger partial charge in [-0.2, -0.15) is 0 Å². The van der Waals surface area contributed by atoms with Gasteiger partial charge < -0.3 is 5.32 Å². The van der Waals surface area contributed by atoms with E-state index in [9.17, 15) is 14.0 Å². The van der Waals surface area contributed by atoms with Gasteiger partial charge in [0.2, 0.25) is 0 Å². The minimum Gasteiger partial charge on any atom is -0.321 e. The number of hydrogen-bond acceptors (Lipinski definition) is 3. The summed E-state index contributed by atoms with van der Waals surface area (Å²) >= 11 is 7.25. The summed E-state index contributed by atoms with van der Waals surface area (Å²) in [5.74, 6) is -1.51. The van der Waals surface area contributed by atoms with Crippen molar-refractivity contribution in [3.63, 3.8) is 0 Å². The predicted octanol–water partition coefficient (Wildman–Crippen LogP) is 5.02. The van der Waals surface area contributed by atoms with E-state index in [0.717, 1.165) is 0 Å². The molecule has 2 aromatic carbocycles. The molecule has 1 amide bonds. The van der Waals surface area contributed by atoms with Gasteiger partial charge in [0, 0.05) is 10.6 Å². The van der Waals surface area contributed by atoms with Crippen LogP contribution in [-0.4, -0.2) is 11.7 Å². The fourth-order valence-corrected chi connectivity index (χ4v) is 2.99. The van der Waals surface area contributed by atoms with Crippen LogP contribution in [-0.2, 0) is 0 Å². The Morgan fingerprint density at radius 3 is 2.50 bits per heavy atom. The Balaban J connectivity index is 1.98. The summed E-state index contributed by atoms with van der Waals surface area (Å²) < 4.78 is 13.9.